The number of nitrogens with one attached hydrogen (secondary N) is 1. The van der Waals surface area contributed by atoms with Crippen molar-refractivity contribution in [2.45, 2.75) is 32.4 Å². The SMILES string of the molecule is CCCC(COC)NC(=O)Cn1cc(C(=O)O)nn1. The maximum atomic E-state index is 11.7. The number of aromatic carboxylic acids is 1. The number of hydrogen-bond acceptors (Lipinski definition) is 5. The number of hydrogen-bond donors (Lipinski definition) is 2. The van der Waals surface area contributed by atoms with Gasteiger partial charge in [0.15, 0.2) is 5.69 Å². The van der Waals surface area contributed by atoms with Crippen LogP contribution in [0.4, 0.5) is 0 Å². The molecule has 1 atom stereocenters. The minimum atomic E-state index is -1.17. The number of nitrogens with zero attached hydrogens (tertiary/aromatic N) is 3. The van der Waals surface area contributed by atoms with Gasteiger partial charge in [-0.15, -0.1) is 5.10 Å². The van der Waals surface area contributed by atoms with Gasteiger partial charge in [-0.2, -0.15) is 0 Å². The van der Waals surface area contributed by atoms with E-state index >= 15 is 0 Å². The fourth-order valence-electron chi connectivity index (χ4n) is 1.64. The molecule has 1 heterocycles. The summed E-state index contributed by atoms with van der Waals surface area (Å²) in [4.78, 5) is 22.4. The number of carbonyl (C=O) groups excluding carboxylic acids is 1. The van der Waals surface area contributed by atoms with Crippen molar-refractivity contribution in [3.8, 4) is 0 Å². The molecular formula is C11H18N4O4. The van der Waals surface area contributed by atoms with Crippen LogP contribution in [0.3, 0.4) is 0 Å². The van der Waals surface area contributed by atoms with Crippen molar-refractivity contribution >= 4 is 11.9 Å². The number of ether oxygens (including phenoxy) is 1. The number of carboxylic acid groups (broad SMARTS) is 1. The zero-order chi connectivity index (χ0) is 14.3. The van der Waals surface area contributed by atoms with Crippen molar-refractivity contribution in [2.75, 3.05) is 13.7 Å². The third-order valence-corrected chi connectivity index (χ3v) is 2.43. The highest BCUT2D eigenvalue weighted by Crippen LogP contribution is 1.98. The Kier molecular flexibility index (Phi) is 5.94. The molecule has 1 aromatic rings. The molecule has 1 unspecified atom stereocenters. The summed E-state index contributed by atoms with van der Waals surface area (Å²) in [5, 5.41) is 18.5. The summed E-state index contributed by atoms with van der Waals surface area (Å²) < 4.78 is 6.21. The van der Waals surface area contributed by atoms with Gasteiger partial charge in [-0.1, -0.05) is 18.6 Å². The summed E-state index contributed by atoms with van der Waals surface area (Å²) in [5.41, 5.74) is -0.185. The molecule has 106 valence electrons. The topological polar surface area (TPSA) is 106 Å². The van der Waals surface area contributed by atoms with Crippen LogP contribution in [0.25, 0.3) is 0 Å². The quantitative estimate of drug-likeness (QED) is 0.683. The highest BCUT2D eigenvalue weighted by atomic mass is 16.5. The fraction of sp³-hybridized carbons (Fsp3) is 0.636. The lowest BCUT2D eigenvalue weighted by atomic mass is 10.2. The maximum absolute atomic E-state index is 11.7. The first kappa shape index (κ1) is 15.1. The van der Waals surface area contributed by atoms with Gasteiger partial charge in [0.2, 0.25) is 5.91 Å². The average molecular weight is 270 g/mol. The highest BCUT2D eigenvalue weighted by Gasteiger charge is 2.14. The van der Waals surface area contributed by atoms with E-state index in [0.29, 0.717) is 6.61 Å². The van der Waals surface area contributed by atoms with E-state index in [9.17, 15) is 9.59 Å². The minimum absolute atomic E-state index is 0.0510. The Bertz CT molecular complexity index is 426. The molecule has 19 heavy (non-hydrogen) atoms. The fourth-order valence-corrected chi connectivity index (χ4v) is 1.64. The first-order chi connectivity index (χ1) is 9.06. The molecule has 1 aromatic heterocycles. The predicted molar refractivity (Wildman–Crippen MR) is 65.7 cm³/mol. The summed E-state index contributed by atoms with van der Waals surface area (Å²) in [6, 6.07) is -0.0510. The second-order valence-electron chi connectivity index (χ2n) is 4.11. The van der Waals surface area contributed by atoms with Crippen molar-refractivity contribution in [3.05, 3.63) is 11.9 Å². The Morgan fingerprint density at radius 3 is 2.84 bits per heavy atom. The van der Waals surface area contributed by atoms with Gasteiger partial charge in [0.05, 0.1) is 18.8 Å². The van der Waals surface area contributed by atoms with Gasteiger partial charge in [0, 0.05) is 7.11 Å². The first-order valence-electron chi connectivity index (χ1n) is 5.98. The Hall–Kier alpha value is -1.96. The largest absolute Gasteiger partial charge is 0.476 e. The number of aromatic nitrogens is 3. The van der Waals surface area contributed by atoms with E-state index in [1.165, 1.54) is 10.9 Å². The standard InChI is InChI=1S/C11H18N4O4/c1-3-4-8(7-19-2)12-10(16)6-15-5-9(11(17)18)13-14-15/h5,8H,3-4,6-7H2,1-2H3,(H,12,16)(H,17,18). The van der Waals surface area contributed by atoms with Crippen LogP contribution in [-0.2, 0) is 16.1 Å². The van der Waals surface area contributed by atoms with Crippen molar-refractivity contribution in [1.29, 1.82) is 0 Å². The lowest BCUT2D eigenvalue weighted by Gasteiger charge is -2.16. The third-order valence-electron chi connectivity index (χ3n) is 2.43. The Morgan fingerprint density at radius 1 is 1.58 bits per heavy atom. The molecule has 8 nitrogen and oxygen atoms in total. The normalized spacial score (nSPS) is 12.1. The summed E-state index contributed by atoms with van der Waals surface area (Å²) in [5.74, 6) is -1.42. The van der Waals surface area contributed by atoms with Gasteiger partial charge in [-0.25, -0.2) is 9.48 Å². The van der Waals surface area contributed by atoms with Crippen LogP contribution in [-0.4, -0.2) is 51.7 Å². The lowest BCUT2D eigenvalue weighted by molar-refractivity contribution is -0.123. The predicted octanol–water partition coefficient (Wildman–Crippen LogP) is -0.0924. The molecule has 0 aliphatic carbocycles. The first-order valence-corrected chi connectivity index (χ1v) is 5.98. The second kappa shape index (κ2) is 7.47. The number of carboxylic acids is 1. The number of carbonyl (C=O) groups is 2. The van der Waals surface area contributed by atoms with Crippen LogP contribution in [0.1, 0.15) is 30.3 Å². The highest BCUT2D eigenvalue weighted by molar-refractivity contribution is 5.84. The monoisotopic (exact) mass is 270 g/mol. The van der Waals surface area contributed by atoms with Crippen molar-refractivity contribution in [1.82, 2.24) is 20.3 Å². The lowest BCUT2D eigenvalue weighted by Crippen LogP contribution is -2.39. The summed E-state index contributed by atoms with van der Waals surface area (Å²) in [6.07, 6.45) is 2.96. The van der Waals surface area contributed by atoms with Crippen LogP contribution in [0, 0.1) is 0 Å². The summed E-state index contributed by atoms with van der Waals surface area (Å²) in [6.45, 7) is 2.40. The smallest absolute Gasteiger partial charge is 0.358 e. The number of rotatable bonds is 8. The Balaban J connectivity index is 2.50. The Labute approximate surface area is 110 Å². The molecular weight excluding hydrogens is 252 g/mol. The van der Waals surface area contributed by atoms with E-state index in [2.05, 4.69) is 15.6 Å². The molecule has 0 saturated carbocycles. The van der Waals surface area contributed by atoms with E-state index in [-0.39, 0.29) is 24.2 Å². The average Bonchev–Trinajstić information content (AvgIpc) is 2.78. The van der Waals surface area contributed by atoms with Crippen LogP contribution < -0.4 is 5.32 Å². The van der Waals surface area contributed by atoms with E-state index in [1.54, 1.807) is 7.11 Å². The summed E-state index contributed by atoms with van der Waals surface area (Å²) in [7, 11) is 1.57. The third kappa shape index (κ3) is 5.04. The molecule has 0 saturated heterocycles. The van der Waals surface area contributed by atoms with E-state index < -0.39 is 5.97 Å². The molecule has 0 fully saturated rings. The van der Waals surface area contributed by atoms with Crippen LogP contribution >= 0.6 is 0 Å². The van der Waals surface area contributed by atoms with Crippen molar-refractivity contribution < 1.29 is 19.4 Å². The molecule has 0 bridgehead atoms. The second-order valence-corrected chi connectivity index (χ2v) is 4.11. The summed E-state index contributed by atoms with van der Waals surface area (Å²) >= 11 is 0. The van der Waals surface area contributed by atoms with E-state index in [4.69, 9.17) is 9.84 Å². The van der Waals surface area contributed by atoms with Crippen LogP contribution in [0.5, 0.6) is 0 Å². The van der Waals surface area contributed by atoms with E-state index in [0.717, 1.165) is 12.8 Å². The van der Waals surface area contributed by atoms with Gasteiger partial charge in [-0.05, 0) is 6.42 Å². The number of amides is 1. The van der Waals surface area contributed by atoms with Gasteiger partial charge in [0.1, 0.15) is 6.54 Å². The molecule has 1 amide bonds. The van der Waals surface area contributed by atoms with Crippen LogP contribution in [0.2, 0.25) is 0 Å². The zero-order valence-corrected chi connectivity index (χ0v) is 11.0. The van der Waals surface area contributed by atoms with Crippen LogP contribution in [0.15, 0.2) is 6.20 Å². The molecule has 0 aliphatic heterocycles. The van der Waals surface area contributed by atoms with Gasteiger partial charge >= 0.3 is 5.97 Å². The zero-order valence-electron chi connectivity index (χ0n) is 11.0. The molecule has 8 heteroatoms. The van der Waals surface area contributed by atoms with Gasteiger partial charge in [0.25, 0.3) is 0 Å². The Morgan fingerprint density at radius 2 is 2.32 bits per heavy atom. The molecule has 2 N–H and O–H groups in total. The van der Waals surface area contributed by atoms with Crippen molar-refractivity contribution in [3.63, 3.8) is 0 Å². The van der Waals surface area contributed by atoms with Gasteiger partial charge < -0.3 is 15.2 Å². The maximum Gasteiger partial charge on any atom is 0.358 e. The molecule has 0 radical (unpaired) electrons. The molecule has 0 aromatic carbocycles. The van der Waals surface area contributed by atoms with Gasteiger partial charge in [-0.3, -0.25) is 4.79 Å². The van der Waals surface area contributed by atoms with E-state index in [1.807, 2.05) is 6.92 Å². The minimum Gasteiger partial charge on any atom is -0.476 e. The number of methoxy groups -OCH3 is 1. The molecule has 0 aliphatic rings. The molecule has 0 spiro atoms. The van der Waals surface area contributed by atoms with Crippen molar-refractivity contribution in [2.24, 2.45) is 0 Å². The molecule has 1 rings (SSSR count).